The first-order chi connectivity index (χ1) is 28.1. The molecular weight excluding hydrogens is 762 g/mol. The second-order valence-electron chi connectivity index (χ2n) is 14.3. The van der Waals surface area contributed by atoms with E-state index >= 15 is 0 Å². The number of hydrogen-bond donors (Lipinski definition) is 1. The number of hydrogen-bond acceptors (Lipinski definition) is 12. The van der Waals surface area contributed by atoms with Gasteiger partial charge in [-0.05, 0) is 80.1 Å². The highest BCUT2D eigenvalue weighted by molar-refractivity contribution is 5.78. The van der Waals surface area contributed by atoms with Crippen LogP contribution in [0.15, 0.2) is 77.3 Å². The van der Waals surface area contributed by atoms with Crippen LogP contribution < -0.4 is 9.47 Å². The van der Waals surface area contributed by atoms with Crippen molar-refractivity contribution >= 4 is 24.1 Å². The quantitative estimate of drug-likeness (QED) is 0.0577. The van der Waals surface area contributed by atoms with E-state index in [2.05, 4.69) is 19.7 Å². The predicted octanol–water partition coefficient (Wildman–Crippen LogP) is 8.14. The van der Waals surface area contributed by atoms with Crippen LogP contribution in [0, 0.1) is 25.3 Å². The summed E-state index contributed by atoms with van der Waals surface area (Å²) in [6.45, 7) is 19.9. The average molecular weight is 816 g/mol. The maximum atomic E-state index is 12.4. The molecule has 0 aliphatic heterocycles. The van der Waals surface area contributed by atoms with Gasteiger partial charge in [-0.3, -0.25) is 24.2 Å². The fraction of sp³-hybridized carbons (Fsp3) is 0.419. The molecule has 16 nitrogen and oxygen atoms in total. The first-order valence-corrected chi connectivity index (χ1v) is 18.9. The molecule has 0 unspecified atom stereocenters. The van der Waals surface area contributed by atoms with Crippen LogP contribution in [0.5, 0.6) is 11.5 Å². The molecule has 0 radical (unpaired) electrons. The summed E-state index contributed by atoms with van der Waals surface area (Å²) in [7, 11) is 1.27. The predicted molar refractivity (Wildman–Crippen MR) is 216 cm³/mol. The van der Waals surface area contributed by atoms with Gasteiger partial charge in [0.05, 0.1) is 32.4 Å². The molecule has 0 fully saturated rings. The van der Waals surface area contributed by atoms with Crippen LogP contribution >= 0.6 is 0 Å². The molecule has 0 saturated carbocycles. The van der Waals surface area contributed by atoms with Crippen molar-refractivity contribution < 1.29 is 52.5 Å². The molecule has 3 aromatic carbocycles. The van der Waals surface area contributed by atoms with E-state index in [4.69, 9.17) is 30.0 Å². The Morgan fingerprint density at radius 3 is 1.69 bits per heavy atom. The van der Waals surface area contributed by atoms with Crippen LogP contribution in [0.2, 0.25) is 0 Å². The first kappa shape index (κ1) is 46.8. The molecule has 0 bridgehead atoms. The van der Waals surface area contributed by atoms with Crippen molar-refractivity contribution in [2.75, 3.05) is 40.1 Å². The second kappa shape index (κ2) is 23.6. The highest BCUT2D eigenvalue weighted by Gasteiger charge is 2.27. The molecule has 1 N–H and O–H groups in total. The molecule has 2 amide bonds. The third kappa shape index (κ3) is 15.7. The molecule has 316 valence electrons. The Balaban J connectivity index is 0.000000332. The zero-order valence-corrected chi connectivity index (χ0v) is 34.7. The van der Waals surface area contributed by atoms with Gasteiger partial charge in [-0.15, -0.1) is 0 Å². The van der Waals surface area contributed by atoms with Crippen LogP contribution in [0.3, 0.4) is 0 Å². The molecule has 2 atom stereocenters. The van der Waals surface area contributed by atoms with Crippen LogP contribution in [-0.4, -0.2) is 89.3 Å². The van der Waals surface area contributed by atoms with Gasteiger partial charge in [0.15, 0.2) is 6.61 Å². The van der Waals surface area contributed by atoms with E-state index in [1.807, 2.05) is 58.9 Å². The van der Waals surface area contributed by atoms with Crippen molar-refractivity contribution in [3.63, 3.8) is 0 Å². The summed E-state index contributed by atoms with van der Waals surface area (Å²) >= 11 is 0. The molecule has 1 aromatic heterocycles. The molecule has 16 heteroatoms. The highest BCUT2D eigenvalue weighted by atomic mass is 16.6. The number of carbonyl (C=O) groups excluding carboxylic acids is 3. The van der Waals surface area contributed by atoms with Crippen molar-refractivity contribution in [2.24, 2.45) is 11.8 Å². The number of carboxylic acid groups (broad SMARTS) is 1. The van der Waals surface area contributed by atoms with Crippen molar-refractivity contribution in [3.8, 4) is 23.0 Å². The van der Waals surface area contributed by atoms with Gasteiger partial charge in [0.2, 0.25) is 5.82 Å². The Morgan fingerprint density at radius 2 is 1.24 bits per heavy atom. The van der Waals surface area contributed by atoms with Crippen LogP contribution in [0.1, 0.15) is 76.1 Å². The van der Waals surface area contributed by atoms with E-state index in [1.165, 1.54) is 16.9 Å². The van der Waals surface area contributed by atoms with E-state index in [0.717, 1.165) is 22.3 Å². The average Bonchev–Trinajstić information content (AvgIpc) is 3.70. The maximum absolute atomic E-state index is 12.4. The van der Waals surface area contributed by atoms with Gasteiger partial charge in [0.1, 0.15) is 24.6 Å². The van der Waals surface area contributed by atoms with Crippen molar-refractivity contribution in [1.29, 1.82) is 0 Å². The van der Waals surface area contributed by atoms with Crippen LogP contribution in [0.4, 0.5) is 9.59 Å². The lowest BCUT2D eigenvalue weighted by Gasteiger charge is -2.28. The number of carboxylic acids is 1. The molecule has 0 aliphatic rings. The second-order valence-corrected chi connectivity index (χ2v) is 14.3. The fourth-order valence-corrected chi connectivity index (χ4v) is 5.14. The van der Waals surface area contributed by atoms with Crippen LogP contribution in [-0.2, 0) is 30.4 Å². The summed E-state index contributed by atoms with van der Waals surface area (Å²) in [5.41, 5.74) is 3.53. The molecular formula is C43H53N5O11. The Labute approximate surface area is 344 Å². The molecule has 59 heavy (non-hydrogen) atoms. The van der Waals surface area contributed by atoms with Gasteiger partial charge in [-0.25, -0.2) is 16.2 Å². The summed E-state index contributed by atoms with van der Waals surface area (Å²) in [6.07, 6.45) is -1.23. The Morgan fingerprint density at radius 1 is 0.746 bits per heavy atom. The number of esters is 1. The molecule has 0 saturated heterocycles. The van der Waals surface area contributed by atoms with Crippen molar-refractivity contribution in [3.05, 3.63) is 107 Å². The zero-order valence-electron chi connectivity index (χ0n) is 34.7. The minimum atomic E-state index is -1.11. The Hall–Kier alpha value is -6.63. The lowest BCUT2D eigenvalue weighted by Crippen LogP contribution is -2.39. The van der Waals surface area contributed by atoms with E-state index < -0.39 is 42.8 Å². The monoisotopic (exact) mass is 815 g/mol. The molecule has 4 aromatic rings. The lowest BCUT2D eigenvalue weighted by molar-refractivity contribution is -0.142. The number of methoxy groups -OCH3 is 1. The van der Waals surface area contributed by atoms with Gasteiger partial charge in [-0.2, -0.15) is 4.98 Å². The smallest absolute Gasteiger partial charge is 0.410 e. The van der Waals surface area contributed by atoms with Gasteiger partial charge < -0.3 is 33.3 Å². The van der Waals surface area contributed by atoms with E-state index in [9.17, 15) is 24.3 Å². The number of aromatic nitrogens is 2. The number of nitrogens with zero attached hydrogens (tertiary/aromatic N) is 5. The molecule has 0 aliphatic carbocycles. The van der Waals surface area contributed by atoms with E-state index in [0.29, 0.717) is 23.2 Å². The molecule has 0 spiro atoms. The number of amides is 2. The summed E-state index contributed by atoms with van der Waals surface area (Å²) in [6, 6.07) is 20.9. The zero-order chi connectivity index (χ0) is 43.5. The standard InChI is InChI=1S/C25H29N3O6.C18H24N2O5/c1-16(2)14-33-25(31)28(13-23(29)30)18(4)19-9-11-21(12-10-19)32-15-22-26-24(34-27-22)20-7-5-17(3)6-8-20;1-13(2)11-24-18(22)20(10-17(21)23-5)14(3)15-6-8-16(9-7-15)25-12-19-4/h5-12,16,18H,13-15H2,1-4H3,(H,29,30);6-9,13-14H,10-12H2,1-3,5H3/t18-;14-/m00/s1. The lowest BCUT2D eigenvalue weighted by atomic mass is 10.1. The number of ether oxygens (including phenoxy) is 5. The number of carbonyl (C=O) groups is 4. The maximum Gasteiger partial charge on any atom is 0.410 e. The summed E-state index contributed by atoms with van der Waals surface area (Å²) in [5.74, 6) is 0.675. The topological polar surface area (TPSA) is 184 Å². The van der Waals surface area contributed by atoms with Gasteiger partial charge >= 0.3 is 30.9 Å². The van der Waals surface area contributed by atoms with Gasteiger partial charge in [0.25, 0.3) is 5.89 Å². The summed E-state index contributed by atoms with van der Waals surface area (Å²) in [4.78, 5) is 57.7. The van der Waals surface area contributed by atoms with E-state index in [-0.39, 0.29) is 44.9 Å². The first-order valence-electron chi connectivity index (χ1n) is 18.9. The highest BCUT2D eigenvalue weighted by Crippen LogP contribution is 2.26. The summed E-state index contributed by atoms with van der Waals surface area (Å²) < 4.78 is 31.4. The SMILES string of the molecule is Cc1ccc(-c2nc(COc3ccc([C@H](C)N(CC(=O)O)C(=O)OCC(C)C)cc3)no2)cc1.[C-]#[N+]COc1ccc([C@H](C)N(CC(=O)OC)C(=O)OCC(C)C)cc1. The number of benzene rings is 3. The van der Waals surface area contributed by atoms with Crippen molar-refractivity contribution in [1.82, 2.24) is 19.9 Å². The largest absolute Gasteiger partial charge is 0.485 e. The number of aliphatic carboxylic acids is 1. The van der Waals surface area contributed by atoms with Gasteiger partial charge in [0, 0.05) is 5.56 Å². The number of rotatable bonds is 18. The van der Waals surface area contributed by atoms with Crippen molar-refractivity contribution in [2.45, 2.75) is 67.2 Å². The Bertz CT molecular complexity index is 1970. The van der Waals surface area contributed by atoms with Gasteiger partial charge in [-0.1, -0.05) is 74.8 Å². The Kier molecular flexibility index (Phi) is 18.7. The number of aryl methyl sites for hydroxylation is 1. The third-order valence-electron chi connectivity index (χ3n) is 8.47. The minimum Gasteiger partial charge on any atom is -0.485 e. The molecule has 1 heterocycles. The van der Waals surface area contributed by atoms with Crippen LogP contribution in [0.25, 0.3) is 16.3 Å². The summed E-state index contributed by atoms with van der Waals surface area (Å²) in [5, 5.41) is 13.2. The molecule has 4 rings (SSSR count). The van der Waals surface area contributed by atoms with E-state index in [1.54, 1.807) is 62.4 Å². The minimum absolute atomic E-state index is 0.0507. The fourth-order valence-electron chi connectivity index (χ4n) is 5.14. The normalized spacial score (nSPS) is 11.6. The third-order valence-corrected chi connectivity index (χ3v) is 8.47.